The molecule has 0 aliphatic heterocycles. The van der Waals surface area contributed by atoms with Gasteiger partial charge in [-0.2, -0.15) is 0 Å². The molecule has 0 aromatic carbocycles. The molecule has 0 rings (SSSR count). The standard InChI is InChI=1S/C44H85NO5/c1-5-9-13-17-19-23-33-41(31-21-15-11-7-3)43(47)49-39-29-26-36-45(35-25-28-38-46)37-27-30-40-50-44(48)42(32-22-16-12-8-4)34-24-20-18-14-10-6-2/h5,9,41-42,46H,6-8,10-40H2,1-4H3/b9-5+. The Morgan fingerprint density at radius 3 is 1.32 bits per heavy atom. The second kappa shape index (κ2) is 38.8. The Morgan fingerprint density at radius 1 is 0.520 bits per heavy atom. The molecule has 50 heavy (non-hydrogen) atoms. The highest BCUT2D eigenvalue weighted by atomic mass is 16.5. The number of ether oxygens (including phenoxy) is 2. The number of carbonyl (C=O) groups is 2. The van der Waals surface area contributed by atoms with Gasteiger partial charge in [0.1, 0.15) is 0 Å². The first-order valence-electron chi connectivity index (χ1n) is 21.8. The van der Waals surface area contributed by atoms with E-state index in [2.05, 4.69) is 44.7 Å². The van der Waals surface area contributed by atoms with Crippen LogP contribution in [0, 0.1) is 11.8 Å². The monoisotopic (exact) mass is 708 g/mol. The zero-order chi connectivity index (χ0) is 36.8. The van der Waals surface area contributed by atoms with Crippen LogP contribution in [0.2, 0.25) is 0 Å². The highest BCUT2D eigenvalue weighted by molar-refractivity contribution is 5.72. The summed E-state index contributed by atoms with van der Waals surface area (Å²) in [5.41, 5.74) is 0. The van der Waals surface area contributed by atoms with Crippen molar-refractivity contribution in [2.45, 2.75) is 207 Å². The van der Waals surface area contributed by atoms with Gasteiger partial charge in [-0.1, -0.05) is 136 Å². The summed E-state index contributed by atoms with van der Waals surface area (Å²) in [6.07, 6.45) is 35.5. The molecule has 0 amide bonds. The first-order chi connectivity index (χ1) is 24.5. The van der Waals surface area contributed by atoms with Crippen LogP contribution >= 0.6 is 0 Å². The fourth-order valence-corrected chi connectivity index (χ4v) is 6.80. The van der Waals surface area contributed by atoms with Crippen LogP contribution in [0.4, 0.5) is 0 Å². The molecular weight excluding hydrogens is 622 g/mol. The Labute approximate surface area is 311 Å². The van der Waals surface area contributed by atoms with Gasteiger partial charge in [0.25, 0.3) is 0 Å². The maximum Gasteiger partial charge on any atom is 0.308 e. The van der Waals surface area contributed by atoms with Crippen molar-refractivity contribution in [1.82, 2.24) is 4.90 Å². The van der Waals surface area contributed by atoms with Gasteiger partial charge >= 0.3 is 11.9 Å². The number of unbranched alkanes of at least 4 members (excludes halogenated alkanes) is 17. The van der Waals surface area contributed by atoms with Crippen LogP contribution < -0.4 is 0 Å². The van der Waals surface area contributed by atoms with Gasteiger partial charge in [-0.05, 0) is 104 Å². The van der Waals surface area contributed by atoms with Crippen molar-refractivity contribution >= 4 is 11.9 Å². The van der Waals surface area contributed by atoms with E-state index in [1.54, 1.807) is 0 Å². The van der Waals surface area contributed by atoms with Gasteiger partial charge in [0.2, 0.25) is 0 Å². The fraction of sp³-hybridized carbons (Fsp3) is 0.909. The Kier molecular flexibility index (Phi) is 37.7. The molecule has 296 valence electrons. The van der Waals surface area contributed by atoms with Crippen LogP contribution in [0.5, 0.6) is 0 Å². The van der Waals surface area contributed by atoms with Crippen molar-refractivity contribution in [1.29, 1.82) is 0 Å². The van der Waals surface area contributed by atoms with Crippen LogP contribution in [0.15, 0.2) is 12.2 Å². The Balaban J connectivity index is 4.58. The number of hydrogen-bond donors (Lipinski definition) is 1. The number of hydrogen-bond acceptors (Lipinski definition) is 6. The maximum absolute atomic E-state index is 13.0. The number of allylic oxidation sites excluding steroid dienone is 2. The smallest absolute Gasteiger partial charge is 0.308 e. The minimum Gasteiger partial charge on any atom is -0.465 e. The predicted molar refractivity (Wildman–Crippen MR) is 214 cm³/mol. The molecule has 0 radical (unpaired) electrons. The number of nitrogens with zero attached hydrogens (tertiary/aromatic N) is 1. The second-order valence-electron chi connectivity index (χ2n) is 14.9. The number of aliphatic hydroxyl groups excluding tert-OH is 1. The molecule has 0 bridgehead atoms. The van der Waals surface area contributed by atoms with E-state index in [-0.39, 0.29) is 30.4 Å². The number of carbonyl (C=O) groups excluding carboxylic acids is 2. The van der Waals surface area contributed by atoms with E-state index in [4.69, 9.17) is 9.47 Å². The highest BCUT2D eigenvalue weighted by Gasteiger charge is 2.20. The third-order valence-corrected chi connectivity index (χ3v) is 10.2. The summed E-state index contributed by atoms with van der Waals surface area (Å²) in [5.74, 6) is 0.146. The van der Waals surface area contributed by atoms with Crippen molar-refractivity contribution in [3.8, 4) is 0 Å². The van der Waals surface area contributed by atoms with E-state index in [0.717, 1.165) is 116 Å². The summed E-state index contributed by atoms with van der Waals surface area (Å²) in [5, 5.41) is 9.31. The lowest BCUT2D eigenvalue weighted by Gasteiger charge is -2.22. The molecular formula is C44H85NO5. The fourth-order valence-electron chi connectivity index (χ4n) is 6.80. The summed E-state index contributed by atoms with van der Waals surface area (Å²) in [6.45, 7) is 12.9. The summed E-state index contributed by atoms with van der Waals surface area (Å²) >= 11 is 0. The third kappa shape index (κ3) is 31.3. The molecule has 6 nitrogen and oxygen atoms in total. The first kappa shape index (κ1) is 48.6. The number of aliphatic hydroxyl groups is 1. The van der Waals surface area contributed by atoms with Gasteiger partial charge in [0, 0.05) is 6.61 Å². The maximum atomic E-state index is 13.0. The van der Waals surface area contributed by atoms with Crippen molar-refractivity contribution < 1.29 is 24.2 Å². The molecule has 1 N–H and O–H groups in total. The molecule has 0 saturated heterocycles. The predicted octanol–water partition coefficient (Wildman–Crippen LogP) is 12.2. The van der Waals surface area contributed by atoms with Gasteiger partial charge in [0.05, 0.1) is 25.0 Å². The molecule has 6 heteroatoms. The van der Waals surface area contributed by atoms with Crippen LogP contribution in [0.1, 0.15) is 207 Å². The quantitative estimate of drug-likeness (QED) is 0.0389. The number of rotatable bonds is 39. The minimum absolute atomic E-state index is 0.0134. The van der Waals surface area contributed by atoms with Gasteiger partial charge < -0.3 is 19.5 Å². The van der Waals surface area contributed by atoms with Crippen molar-refractivity contribution in [2.24, 2.45) is 11.8 Å². The average Bonchev–Trinajstić information content (AvgIpc) is 3.12. The molecule has 0 heterocycles. The Hall–Kier alpha value is -1.40. The van der Waals surface area contributed by atoms with Gasteiger partial charge in [-0.25, -0.2) is 0 Å². The Bertz CT molecular complexity index is 757. The first-order valence-corrected chi connectivity index (χ1v) is 21.8. The van der Waals surface area contributed by atoms with Crippen molar-refractivity contribution in [3.63, 3.8) is 0 Å². The highest BCUT2D eigenvalue weighted by Crippen LogP contribution is 2.22. The lowest BCUT2D eigenvalue weighted by molar-refractivity contribution is -0.150. The molecule has 0 aromatic heterocycles. The van der Waals surface area contributed by atoms with Crippen LogP contribution in [0.3, 0.4) is 0 Å². The normalized spacial score (nSPS) is 12.9. The Morgan fingerprint density at radius 2 is 0.900 bits per heavy atom. The zero-order valence-corrected chi connectivity index (χ0v) is 33.9. The summed E-state index contributed by atoms with van der Waals surface area (Å²) in [4.78, 5) is 28.5. The molecule has 0 aliphatic carbocycles. The minimum atomic E-state index is 0.0134. The van der Waals surface area contributed by atoms with E-state index in [1.807, 2.05) is 0 Å². The van der Waals surface area contributed by atoms with E-state index < -0.39 is 0 Å². The zero-order valence-electron chi connectivity index (χ0n) is 33.9. The molecule has 0 spiro atoms. The molecule has 0 saturated carbocycles. The molecule has 2 atom stereocenters. The van der Waals surface area contributed by atoms with E-state index in [0.29, 0.717) is 13.2 Å². The van der Waals surface area contributed by atoms with Crippen LogP contribution in [0.25, 0.3) is 0 Å². The largest absolute Gasteiger partial charge is 0.465 e. The SMILES string of the molecule is C/C=C/CCCCCC(CCCCCC)C(=O)OCCCCN(CCCCO)CCCCOC(=O)C(CCCCCC)CCCCCCCC. The lowest BCUT2D eigenvalue weighted by atomic mass is 9.94. The van der Waals surface area contributed by atoms with E-state index >= 15 is 0 Å². The van der Waals surface area contributed by atoms with Gasteiger partial charge in [-0.3, -0.25) is 9.59 Å². The lowest BCUT2D eigenvalue weighted by Crippen LogP contribution is -2.28. The second-order valence-corrected chi connectivity index (χ2v) is 14.9. The van der Waals surface area contributed by atoms with Crippen molar-refractivity contribution in [2.75, 3.05) is 39.5 Å². The van der Waals surface area contributed by atoms with Gasteiger partial charge in [-0.15, -0.1) is 0 Å². The summed E-state index contributed by atoms with van der Waals surface area (Å²) in [6, 6.07) is 0. The van der Waals surface area contributed by atoms with Gasteiger partial charge in [0.15, 0.2) is 0 Å². The topological polar surface area (TPSA) is 76.1 Å². The summed E-state index contributed by atoms with van der Waals surface area (Å²) < 4.78 is 11.7. The average molecular weight is 708 g/mol. The van der Waals surface area contributed by atoms with Crippen LogP contribution in [-0.2, 0) is 19.1 Å². The molecule has 0 aliphatic rings. The molecule has 0 aromatic rings. The van der Waals surface area contributed by atoms with E-state index in [9.17, 15) is 14.7 Å². The third-order valence-electron chi connectivity index (χ3n) is 10.2. The molecule has 0 fully saturated rings. The molecule has 2 unspecified atom stereocenters. The van der Waals surface area contributed by atoms with Crippen molar-refractivity contribution in [3.05, 3.63) is 12.2 Å². The summed E-state index contributed by atoms with van der Waals surface area (Å²) in [7, 11) is 0. The van der Waals surface area contributed by atoms with Crippen LogP contribution in [-0.4, -0.2) is 61.4 Å². The number of esters is 2. The van der Waals surface area contributed by atoms with E-state index in [1.165, 1.54) is 83.5 Å².